The lowest BCUT2D eigenvalue weighted by Gasteiger charge is -2.01. The molecular formula is C15H19N. The summed E-state index contributed by atoms with van der Waals surface area (Å²) in [6.07, 6.45) is 9.74. The average molecular weight is 213 g/mol. The van der Waals surface area contributed by atoms with E-state index in [4.69, 9.17) is 5.26 Å². The SMILES string of the molecule is CCCCCCc1ccc(C=CC#N)cc1. The fourth-order valence-electron chi connectivity index (χ4n) is 1.68. The van der Waals surface area contributed by atoms with Crippen LogP contribution in [-0.2, 0) is 6.42 Å². The molecule has 0 radical (unpaired) electrons. The Bertz CT molecular complexity index is 354. The summed E-state index contributed by atoms with van der Waals surface area (Å²) in [5.74, 6) is 0. The molecule has 0 aliphatic rings. The monoisotopic (exact) mass is 213 g/mol. The van der Waals surface area contributed by atoms with Gasteiger partial charge in [-0.2, -0.15) is 5.26 Å². The third-order valence-corrected chi connectivity index (χ3v) is 2.65. The van der Waals surface area contributed by atoms with Gasteiger partial charge in [-0.05, 0) is 30.0 Å². The number of aryl methyl sites for hydroxylation is 1. The molecule has 1 nitrogen and oxygen atoms in total. The Morgan fingerprint density at radius 3 is 2.50 bits per heavy atom. The van der Waals surface area contributed by atoms with Crippen molar-refractivity contribution in [2.75, 3.05) is 0 Å². The van der Waals surface area contributed by atoms with Gasteiger partial charge in [0.2, 0.25) is 0 Å². The minimum absolute atomic E-state index is 1.10. The topological polar surface area (TPSA) is 23.8 Å². The predicted molar refractivity (Wildman–Crippen MR) is 68.9 cm³/mol. The summed E-state index contributed by atoms with van der Waals surface area (Å²) in [4.78, 5) is 0. The molecule has 84 valence electrons. The maximum atomic E-state index is 8.41. The van der Waals surface area contributed by atoms with Crippen molar-refractivity contribution in [1.82, 2.24) is 0 Å². The van der Waals surface area contributed by atoms with E-state index in [1.54, 1.807) is 0 Å². The van der Waals surface area contributed by atoms with E-state index >= 15 is 0 Å². The van der Waals surface area contributed by atoms with E-state index in [0.29, 0.717) is 0 Å². The van der Waals surface area contributed by atoms with Crippen molar-refractivity contribution in [3.8, 4) is 6.07 Å². The van der Waals surface area contributed by atoms with Crippen molar-refractivity contribution in [3.05, 3.63) is 41.5 Å². The number of benzene rings is 1. The van der Waals surface area contributed by atoms with E-state index in [2.05, 4.69) is 31.2 Å². The van der Waals surface area contributed by atoms with Gasteiger partial charge in [0.05, 0.1) is 6.07 Å². The molecule has 0 heterocycles. The fourth-order valence-corrected chi connectivity index (χ4v) is 1.68. The molecule has 1 heteroatoms. The number of hydrogen-bond acceptors (Lipinski definition) is 1. The summed E-state index contributed by atoms with van der Waals surface area (Å²) in [6.45, 7) is 2.23. The predicted octanol–water partition coefficient (Wildman–Crippen LogP) is 4.35. The second-order valence-electron chi connectivity index (χ2n) is 4.01. The maximum absolute atomic E-state index is 8.41. The van der Waals surface area contributed by atoms with E-state index in [1.807, 2.05) is 12.1 Å². The molecule has 1 aromatic rings. The van der Waals surface area contributed by atoms with Crippen molar-refractivity contribution in [1.29, 1.82) is 5.26 Å². The van der Waals surface area contributed by atoms with Gasteiger partial charge in [-0.15, -0.1) is 0 Å². The largest absolute Gasteiger partial charge is 0.193 e. The van der Waals surface area contributed by atoms with Crippen LogP contribution in [0.5, 0.6) is 0 Å². The van der Waals surface area contributed by atoms with Gasteiger partial charge in [-0.1, -0.05) is 50.5 Å². The molecule has 1 rings (SSSR count). The Hall–Kier alpha value is -1.55. The van der Waals surface area contributed by atoms with Gasteiger partial charge in [0.25, 0.3) is 0 Å². The number of nitriles is 1. The summed E-state index contributed by atoms with van der Waals surface area (Å²) < 4.78 is 0. The minimum atomic E-state index is 1.10. The van der Waals surface area contributed by atoms with Crippen LogP contribution in [0.3, 0.4) is 0 Å². The van der Waals surface area contributed by atoms with Crippen molar-refractivity contribution in [2.24, 2.45) is 0 Å². The summed E-state index contributed by atoms with van der Waals surface area (Å²) in [5, 5.41) is 8.41. The first-order valence-electron chi connectivity index (χ1n) is 6.02. The molecule has 1 aromatic carbocycles. The Balaban J connectivity index is 2.40. The quantitative estimate of drug-likeness (QED) is 0.509. The summed E-state index contributed by atoms with van der Waals surface area (Å²) in [5.41, 5.74) is 2.49. The Labute approximate surface area is 98.4 Å². The normalized spacial score (nSPS) is 10.5. The molecule has 0 atom stereocenters. The highest BCUT2D eigenvalue weighted by atomic mass is 14.2. The van der Waals surface area contributed by atoms with Gasteiger partial charge in [-0.25, -0.2) is 0 Å². The van der Waals surface area contributed by atoms with E-state index in [1.165, 1.54) is 43.7 Å². The van der Waals surface area contributed by atoms with Crippen LogP contribution in [-0.4, -0.2) is 0 Å². The van der Waals surface area contributed by atoms with Crippen LogP contribution in [0.2, 0.25) is 0 Å². The first-order chi connectivity index (χ1) is 7.86. The first kappa shape index (κ1) is 12.5. The van der Waals surface area contributed by atoms with Gasteiger partial charge in [0.15, 0.2) is 0 Å². The zero-order chi connectivity index (χ0) is 11.6. The molecule has 0 saturated heterocycles. The van der Waals surface area contributed by atoms with Crippen LogP contribution < -0.4 is 0 Å². The van der Waals surface area contributed by atoms with E-state index < -0.39 is 0 Å². The minimum Gasteiger partial charge on any atom is -0.193 e. The van der Waals surface area contributed by atoms with Crippen molar-refractivity contribution < 1.29 is 0 Å². The first-order valence-corrected chi connectivity index (χ1v) is 6.02. The van der Waals surface area contributed by atoms with Crippen molar-refractivity contribution in [3.63, 3.8) is 0 Å². The summed E-state index contributed by atoms with van der Waals surface area (Å²) in [7, 11) is 0. The zero-order valence-electron chi connectivity index (χ0n) is 9.95. The van der Waals surface area contributed by atoms with Gasteiger partial charge < -0.3 is 0 Å². The second kappa shape index (κ2) is 7.70. The van der Waals surface area contributed by atoms with Crippen LogP contribution in [0.1, 0.15) is 43.7 Å². The number of allylic oxidation sites excluding steroid dienone is 1. The number of hydrogen-bond donors (Lipinski definition) is 0. The fraction of sp³-hybridized carbons (Fsp3) is 0.400. The molecule has 0 amide bonds. The van der Waals surface area contributed by atoms with Crippen LogP contribution in [0.15, 0.2) is 30.3 Å². The highest BCUT2D eigenvalue weighted by Crippen LogP contribution is 2.10. The van der Waals surface area contributed by atoms with Crippen LogP contribution in [0, 0.1) is 11.3 Å². The van der Waals surface area contributed by atoms with Gasteiger partial charge in [0.1, 0.15) is 0 Å². The average Bonchev–Trinajstić information content (AvgIpc) is 2.33. The Kier molecular flexibility index (Phi) is 6.03. The second-order valence-corrected chi connectivity index (χ2v) is 4.01. The molecule has 16 heavy (non-hydrogen) atoms. The molecule has 0 aliphatic carbocycles. The van der Waals surface area contributed by atoms with E-state index in [9.17, 15) is 0 Å². The van der Waals surface area contributed by atoms with E-state index in [0.717, 1.165) is 5.56 Å². The van der Waals surface area contributed by atoms with Gasteiger partial charge in [-0.3, -0.25) is 0 Å². The van der Waals surface area contributed by atoms with Crippen molar-refractivity contribution in [2.45, 2.75) is 39.0 Å². The van der Waals surface area contributed by atoms with Gasteiger partial charge >= 0.3 is 0 Å². The lowest BCUT2D eigenvalue weighted by Crippen LogP contribution is -1.85. The number of unbranched alkanes of at least 4 members (excludes halogenated alkanes) is 3. The summed E-state index contributed by atoms with van der Waals surface area (Å²) in [6, 6.07) is 10.5. The maximum Gasteiger partial charge on any atom is 0.0912 e. The lowest BCUT2D eigenvalue weighted by atomic mass is 10.0. The van der Waals surface area contributed by atoms with Crippen LogP contribution >= 0.6 is 0 Å². The van der Waals surface area contributed by atoms with E-state index in [-0.39, 0.29) is 0 Å². The Morgan fingerprint density at radius 1 is 1.12 bits per heavy atom. The smallest absolute Gasteiger partial charge is 0.0912 e. The molecule has 0 N–H and O–H groups in total. The number of rotatable bonds is 6. The molecule has 0 bridgehead atoms. The lowest BCUT2D eigenvalue weighted by molar-refractivity contribution is 0.667. The highest BCUT2D eigenvalue weighted by Gasteiger charge is 1.93. The van der Waals surface area contributed by atoms with Crippen LogP contribution in [0.25, 0.3) is 6.08 Å². The molecular weight excluding hydrogens is 194 g/mol. The molecule has 0 fully saturated rings. The van der Waals surface area contributed by atoms with Crippen molar-refractivity contribution >= 4 is 6.08 Å². The summed E-state index contributed by atoms with van der Waals surface area (Å²) >= 11 is 0. The molecule has 0 saturated carbocycles. The molecule has 0 aliphatic heterocycles. The van der Waals surface area contributed by atoms with Gasteiger partial charge in [0, 0.05) is 6.08 Å². The third-order valence-electron chi connectivity index (χ3n) is 2.65. The third kappa shape index (κ3) is 4.79. The van der Waals surface area contributed by atoms with Crippen LogP contribution in [0.4, 0.5) is 0 Å². The molecule has 0 aromatic heterocycles. The number of nitrogens with zero attached hydrogens (tertiary/aromatic N) is 1. The Morgan fingerprint density at radius 2 is 1.88 bits per heavy atom. The molecule has 0 spiro atoms. The standard InChI is InChI=1S/C15H19N/c1-2-3-4-5-7-14-9-11-15(12-10-14)8-6-13-16/h6,8-12H,2-5,7H2,1H3. The zero-order valence-corrected chi connectivity index (χ0v) is 9.95. The highest BCUT2D eigenvalue weighted by molar-refractivity contribution is 5.52. The molecule has 0 unspecified atom stereocenters.